The van der Waals surface area contributed by atoms with Gasteiger partial charge in [-0.1, -0.05) is 0 Å². The summed E-state index contributed by atoms with van der Waals surface area (Å²) in [5, 5.41) is 2.90. The molecule has 9 heteroatoms. The molecule has 3 aromatic heterocycles. The quantitative estimate of drug-likeness (QED) is 0.697. The first-order valence-electron chi connectivity index (χ1n) is 9.63. The van der Waals surface area contributed by atoms with Gasteiger partial charge in [0.1, 0.15) is 17.4 Å². The van der Waals surface area contributed by atoms with Crippen molar-refractivity contribution in [3.8, 4) is 5.82 Å². The second kappa shape index (κ2) is 7.08. The summed E-state index contributed by atoms with van der Waals surface area (Å²) in [5.74, 6) is 1.69. The summed E-state index contributed by atoms with van der Waals surface area (Å²) in [6.07, 6.45) is 5.71. The predicted molar refractivity (Wildman–Crippen MR) is 107 cm³/mol. The molecule has 0 atom stereocenters. The topological polar surface area (TPSA) is 105 Å². The molecule has 1 amide bonds. The van der Waals surface area contributed by atoms with Gasteiger partial charge in [-0.25, -0.2) is 19.3 Å². The van der Waals surface area contributed by atoms with Gasteiger partial charge in [0.2, 0.25) is 0 Å². The van der Waals surface area contributed by atoms with Gasteiger partial charge in [-0.05, 0) is 43.2 Å². The molecule has 148 valence electrons. The molecule has 0 fully saturated rings. The molecule has 0 unspecified atom stereocenters. The Morgan fingerprint density at radius 1 is 1.21 bits per heavy atom. The second-order valence-corrected chi connectivity index (χ2v) is 7.02. The molecular weight excluding hydrogens is 372 g/mol. The second-order valence-electron chi connectivity index (χ2n) is 7.02. The zero-order valence-corrected chi connectivity index (χ0v) is 15.7. The molecule has 9 nitrogen and oxygen atoms in total. The minimum absolute atomic E-state index is 0.173. The van der Waals surface area contributed by atoms with E-state index in [4.69, 9.17) is 9.72 Å². The highest BCUT2D eigenvalue weighted by Gasteiger charge is 2.25. The van der Waals surface area contributed by atoms with Crippen LogP contribution >= 0.6 is 0 Å². The molecular formula is C20H20N6O3. The van der Waals surface area contributed by atoms with Crippen LogP contribution in [0, 0.1) is 0 Å². The highest BCUT2D eigenvalue weighted by molar-refractivity contribution is 5.99. The number of hydrogen-bond acceptors (Lipinski definition) is 6. The smallest absolute Gasteiger partial charge is 0.333 e. The van der Waals surface area contributed by atoms with E-state index in [1.165, 1.54) is 4.57 Å². The summed E-state index contributed by atoms with van der Waals surface area (Å²) in [6, 6.07) is 6.96. The van der Waals surface area contributed by atoms with Crippen LogP contribution in [0.3, 0.4) is 0 Å². The molecule has 0 spiro atoms. The van der Waals surface area contributed by atoms with Crippen LogP contribution in [-0.4, -0.2) is 51.7 Å². The largest absolute Gasteiger partial charge is 0.496 e. The number of amides is 1. The Hall–Kier alpha value is -3.62. The normalized spacial score (nSPS) is 16.6. The Bertz CT molecular complexity index is 1180. The van der Waals surface area contributed by atoms with E-state index in [0.29, 0.717) is 54.6 Å². The van der Waals surface area contributed by atoms with Gasteiger partial charge >= 0.3 is 5.69 Å². The molecule has 2 aliphatic heterocycles. The van der Waals surface area contributed by atoms with Gasteiger partial charge in [-0.2, -0.15) is 0 Å². The van der Waals surface area contributed by atoms with Crippen LogP contribution in [0.4, 0.5) is 5.82 Å². The Labute approximate surface area is 166 Å². The summed E-state index contributed by atoms with van der Waals surface area (Å²) >= 11 is 0. The van der Waals surface area contributed by atoms with Crippen molar-refractivity contribution in [2.75, 3.05) is 31.1 Å². The van der Waals surface area contributed by atoms with Crippen LogP contribution in [0.25, 0.3) is 17.0 Å². The maximum atomic E-state index is 12.5. The fraction of sp³-hybridized carbons (Fsp3) is 0.300. The van der Waals surface area contributed by atoms with Crippen molar-refractivity contribution in [1.29, 1.82) is 0 Å². The average molecular weight is 392 g/mol. The highest BCUT2D eigenvalue weighted by atomic mass is 16.5. The molecule has 2 N–H and O–H groups in total. The summed E-state index contributed by atoms with van der Waals surface area (Å²) in [5.41, 5.74) is 1.28. The first-order valence-corrected chi connectivity index (χ1v) is 9.63. The zero-order chi connectivity index (χ0) is 19.8. The minimum Gasteiger partial charge on any atom is -0.496 e. The lowest BCUT2D eigenvalue weighted by atomic mass is 10.2. The summed E-state index contributed by atoms with van der Waals surface area (Å²) < 4.78 is 7.23. The van der Waals surface area contributed by atoms with Crippen molar-refractivity contribution in [2.45, 2.75) is 12.8 Å². The molecule has 5 rings (SSSR count). The van der Waals surface area contributed by atoms with E-state index >= 15 is 0 Å². The summed E-state index contributed by atoms with van der Waals surface area (Å²) in [4.78, 5) is 38.7. The number of nitrogens with one attached hydrogen (secondary N) is 2. The predicted octanol–water partition coefficient (Wildman–Crippen LogP) is 1.35. The van der Waals surface area contributed by atoms with Crippen molar-refractivity contribution in [3.63, 3.8) is 0 Å². The molecule has 0 radical (unpaired) electrons. The molecule has 0 aliphatic carbocycles. The Morgan fingerprint density at radius 3 is 3.00 bits per heavy atom. The van der Waals surface area contributed by atoms with Crippen LogP contribution < -0.4 is 15.9 Å². The lowest BCUT2D eigenvalue weighted by Gasteiger charge is -2.26. The number of fused-ring (bicyclic) bond motifs is 2. The van der Waals surface area contributed by atoms with Gasteiger partial charge in [-0.3, -0.25) is 9.78 Å². The third-order valence-corrected chi connectivity index (χ3v) is 5.11. The van der Waals surface area contributed by atoms with Crippen LogP contribution in [0.1, 0.15) is 23.2 Å². The van der Waals surface area contributed by atoms with Gasteiger partial charge in [-0.15, -0.1) is 0 Å². The van der Waals surface area contributed by atoms with Gasteiger partial charge in [0.25, 0.3) is 5.91 Å². The summed E-state index contributed by atoms with van der Waals surface area (Å²) in [6.45, 7) is 2.34. The Kier molecular flexibility index (Phi) is 4.27. The Balaban J connectivity index is 1.61. The zero-order valence-electron chi connectivity index (χ0n) is 15.7. The number of pyridine rings is 2. The van der Waals surface area contributed by atoms with E-state index < -0.39 is 0 Å². The van der Waals surface area contributed by atoms with Gasteiger partial charge < -0.3 is 15.0 Å². The number of H-pyrrole nitrogens is 1. The first-order chi connectivity index (χ1) is 14.2. The number of aromatic nitrogens is 4. The van der Waals surface area contributed by atoms with E-state index in [0.717, 1.165) is 18.6 Å². The number of carbonyl (C=O) groups is 1. The van der Waals surface area contributed by atoms with Gasteiger partial charge in [0.15, 0.2) is 5.65 Å². The number of nitrogens with zero attached hydrogens (tertiary/aromatic N) is 4. The maximum absolute atomic E-state index is 12.5. The molecule has 0 saturated carbocycles. The first kappa shape index (κ1) is 17.5. The van der Waals surface area contributed by atoms with Gasteiger partial charge in [0, 0.05) is 19.3 Å². The van der Waals surface area contributed by atoms with E-state index in [2.05, 4.69) is 21.4 Å². The fourth-order valence-electron chi connectivity index (χ4n) is 3.72. The van der Waals surface area contributed by atoms with Crippen molar-refractivity contribution in [2.24, 2.45) is 0 Å². The number of allylic oxidation sites excluding steroid dienone is 1. The monoisotopic (exact) mass is 392 g/mol. The van der Waals surface area contributed by atoms with E-state index in [-0.39, 0.29) is 11.6 Å². The number of ether oxygens (including phenoxy) is 1. The third kappa shape index (κ3) is 3.14. The molecule has 3 aromatic rings. The number of aromatic amines is 1. The highest BCUT2D eigenvalue weighted by Crippen LogP contribution is 2.24. The van der Waals surface area contributed by atoms with E-state index in [1.54, 1.807) is 30.5 Å². The molecule has 0 saturated heterocycles. The van der Waals surface area contributed by atoms with Gasteiger partial charge in [0.05, 0.1) is 24.2 Å². The molecule has 0 bridgehead atoms. The van der Waals surface area contributed by atoms with Crippen molar-refractivity contribution < 1.29 is 9.53 Å². The lowest BCUT2D eigenvalue weighted by Crippen LogP contribution is -2.33. The third-order valence-electron chi connectivity index (χ3n) is 5.11. The molecule has 29 heavy (non-hydrogen) atoms. The van der Waals surface area contributed by atoms with Crippen LogP contribution in [0.15, 0.2) is 47.1 Å². The standard InChI is InChI=1S/C20H20N6O3/c27-19-14-6-7-16(26-15-5-3-8-21-17(15)24-20(26)28)23-18(14)25(10-9-22-19)12-13-4-1-2-11-29-13/h3-8H,1-2,9-12H2,(H,22,27)(H,21,24,28). The number of hydrogen-bond donors (Lipinski definition) is 2. The Morgan fingerprint density at radius 2 is 2.14 bits per heavy atom. The van der Waals surface area contributed by atoms with Crippen LogP contribution in [0.5, 0.6) is 0 Å². The van der Waals surface area contributed by atoms with Crippen LogP contribution in [-0.2, 0) is 4.74 Å². The van der Waals surface area contributed by atoms with Crippen molar-refractivity contribution in [1.82, 2.24) is 24.8 Å². The average Bonchev–Trinajstić information content (AvgIpc) is 3.00. The minimum atomic E-state index is -0.325. The lowest BCUT2D eigenvalue weighted by molar-refractivity contribution is 0.0958. The number of imidazole rings is 1. The number of anilines is 1. The van der Waals surface area contributed by atoms with Crippen molar-refractivity contribution >= 4 is 22.9 Å². The van der Waals surface area contributed by atoms with Crippen LogP contribution in [0.2, 0.25) is 0 Å². The molecule has 0 aromatic carbocycles. The van der Waals surface area contributed by atoms with Crippen molar-refractivity contribution in [3.05, 3.63) is 58.3 Å². The summed E-state index contributed by atoms with van der Waals surface area (Å²) in [7, 11) is 0. The van der Waals surface area contributed by atoms with E-state index in [1.807, 2.05) is 4.90 Å². The SMILES string of the molecule is O=C1NCCN(CC2=CCCCO2)c2nc(-n3c(=O)[nH]c4ncccc43)ccc21. The number of rotatable bonds is 3. The molecule has 5 heterocycles. The number of carbonyl (C=O) groups excluding carboxylic acids is 1. The molecule has 2 aliphatic rings. The fourth-order valence-corrected chi connectivity index (χ4v) is 3.72. The maximum Gasteiger partial charge on any atom is 0.333 e. The van der Waals surface area contributed by atoms with E-state index in [9.17, 15) is 9.59 Å².